The Morgan fingerprint density at radius 3 is 1.35 bits per heavy atom. The molecular formula is C16H26Ru. The molecule has 0 amide bonds. The van der Waals surface area contributed by atoms with Gasteiger partial charge in [-0.05, 0) is 25.7 Å². The van der Waals surface area contributed by atoms with Crippen LogP contribution in [0.25, 0.3) is 0 Å². The van der Waals surface area contributed by atoms with Gasteiger partial charge in [-0.1, -0.05) is 24.3 Å². The fourth-order valence-electron chi connectivity index (χ4n) is 0.874. The molecule has 17 heavy (non-hydrogen) atoms. The van der Waals surface area contributed by atoms with Gasteiger partial charge in [0.1, 0.15) is 0 Å². The van der Waals surface area contributed by atoms with E-state index in [9.17, 15) is 0 Å². The zero-order chi connectivity index (χ0) is 12.5. The summed E-state index contributed by atoms with van der Waals surface area (Å²) >= 11 is 0. The van der Waals surface area contributed by atoms with Gasteiger partial charge in [0.2, 0.25) is 0 Å². The van der Waals surface area contributed by atoms with E-state index in [0.717, 1.165) is 0 Å². The van der Waals surface area contributed by atoms with Crippen molar-refractivity contribution in [3.05, 3.63) is 62.5 Å². The van der Waals surface area contributed by atoms with Crippen LogP contribution in [0.5, 0.6) is 0 Å². The van der Waals surface area contributed by atoms with Crippen LogP contribution in [-0.2, 0) is 19.5 Å². The molecule has 1 aliphatic rings. The summed E-state index contributed by atoms with van der Waals surface area (Å²) in [6, 6.07) is 0. The first-order chi connectivity index (χ1) is 7.83. The van der Waals surface area contributed by atoms with E-state index >= 15 is 0 Å². The van der Waals surface area contributed by atoms with E-state index < -0.39 is 0 Å². The van der Waals surface area contributed by atoms with Crippen LogP contribution < -0.4 is 0 Å². The van der Waals surface area contributed by atoms with E-state index in [1.165, 1.54) is 25.7 Å². The zero-order valence-electron chi connectivity index (χ0n) is 11.2. The second-order valence-corrected chi connectivity index (χ2v) is 3.28. The molecule has 0 saturated heterocycles. The molecule has 1 rings (SSSR count). The van der Waals surface area contributed by atoms with Crippen LogP contribution in [0.3, 0.4) is 0 Å². The second kappa shape index (κ2) is 24.5. The van der Waals surface area contributed by atoms with Crippen molar-refractivity contribution < 1.29 is 19.5 Å². The molecule has 98 valence electrons. The Morgan fingerprint density at radius 1 is 0.824 bits per heavy atom. The van der Waals surface area contributed by atoms with E-state index in [1.54, 1.807) is 12.2 Å². The molecule has 0 aromatic carbocycles. The Morgan fingerprint density at radius 2 is 1.12 bits per heavy atom. The molecule has 0 N–H and O–H groups in total. The van der Waals surface area contributed by atoms with Gasteiger partial charge in [-0.25, -0.2) is 38.2 Å². The Labute approximate surface area is 121 Å². The van der Waals surface area contributed by atoms with Crippen molar-refractivity contribution >= 4 is 0 Å². The van der Waals surface area contributed by atoms with Crippen LogP contribution in [0.1, 0.15) is 39.5 Å². The topological polar surface area (TPSA) is 0 Å². The minimum Gasteiger partial charge on any atom is -0.245 e. The molecule has 0 unspecified atom stereocenters. The number of rotatable bonds is 0. The van der Waals surface area contributed by atoms with Crippen molar-refractivity contribution in [1.29, 1.82) is 0 Å². The molecule has 1 heteroatoms. The molecule has 0 spiro atoms. The molecule has 0 bridgehead atoms. The van der Waals surface area contributed by atoms with Gasteiger partial charge in [-0.2, -0.15) is 0 Å². The van der Waals surface area contributed by atoms with Crippen molar-refractivity contribution in [3.63, 3.8) is 0 Å². The van der Waals surface area contributed by atoms with Gasteiger partial charge in [-0.3, -0.25) is 0 Å². The third kappa shape index (κ3) is 31.3. The standard InChI is InChI=1S/C8H12.2C4H7.Ru/c1-2-4-6-8-7-5-3-1;2*1-3-4-2;/h1-4H,5-8H2;2*3-4H,1H2,2H3;/q;2*-1;+2. The minimum absolute atomic E-state index is 0. The summed E-state index contributed by atoms with van der Waals surface area (Å²) in [6.07, 6.45) is 21.3. The monoisotopic (exact) mass is 320 g/mol. The van der Waals surface area contributed by atoms with E-state index in [4.69, 9.17) is 0 Å². The second-order valence-electron chi connectivity index (χ2n) is 3.28. The molecular weight excluding hydrogens is 293 g/mol. The molecule has 0 nitrogen and oxygen atoms in total. The largest absolute Gasteiger partial charge is 2.00 e. The van der Waals surface area contributed by atoms with Crippen LogP contribution >= 0.6 is 0 Å². The van der Waals surface area contributed by atoms with E-state index in [2.05, 4.69) is 38.2 Å². The number of hydrogen-bond acceptors (Lipinski definition) is 0. The number of allylic oxidation sites excluding steroid dienone is 8. The third-order valence-electron chi connectivity index (χ3n) is 1.85. The maximum absolute atomic E-state index is 3.42. The quantitative estimate of drug-likeness (QED) is 0.410. The van der Waals surface area contributed by atoms with Gasteiger partial charge in [0, 0.05) is 0 Å². The van der Waals surface area contributed by atoms with Crippen molar-refractivity contribution in [1.82, 2.24) is 0 Å². The van der Waals surface area contributed by atoms with E-state index in [1.807, 2.05) is 26.0 Å². The van der Waals surface area contributed by atoms with Gasteiger partial charge in [0.25, 0.3) is 0 Å². The van der Waals surface area contributed by atoms with Crippen molar-refractivity contribution in [3.8, 4) is 0 Å². The molecule has 0 aromatic rings. The predicted molar refractivity (Wildman–Crippen MR) is 77.1 cm³/mol. The van der Waals surface area contributed by atoms with Gasteiger partial charge in [-0.15, -0.1) is 13.8 Å². The van der Waals surface area contributed by atoms with Crippen molar-refractivity contribution in [2.75, 3.05) is 0 Å². The third-order valence-corrected chi connectivity index (χ3v) is 1.85. The average molecular weight is 319 g/mol. The van der Waals surface area contributed by atoms with Crippen LogP contribution in [0, 0.1) is 13.8 Å². The minimum atomic E-state index is 0. The maximum Gasteiger partial charge on any atom is 2.00 e. The van der Waals surface area contributed by atoms with Gasteiger partial charge in [0.15, 0.2) is 0 Å². The van der Waals surface area contributed by atoms with Crippen molar-refractivity contribution in [2.24, 2.45) is 0 Å². The molecule has 0 aromatic heterocycles. The summed E-state index contributed by atoms with van der Waals surface area (Å²) in [5, 5.41) is 0. The van der Waals surface area contributed by atoms with E-state index in [0.29, 0.717) is 0 Å². The molecule has 0 saturated carbocycles. The molecule has 1 aliphatic carbocycles. The Balaban J connectivity index is -0.000000189. The summed E-state index contributed by atoms with van der Waals surface area (Å²) in [7, 11) is 0. The normalized spacial score (nSPS) is 13.8. The van der Waals surface area contributed by atoms with Crippen LogP contribution in [-0.4, -0.2) is 0 Å². The van der Waals surface area contributed by atoms with Crippen LogP contribution in [0.2, 0.25) is 0 Å². The van der Waals surface area contributed by atoms with Crippen LogP contribution in [0.15, 0.2) is 48.6 Å². The summed E-state index contributed by atoms with van der Waals surface area (Å²) in [5.74, 6) is 0. The van der Waals surface area contributed by atoms with Crippen LogP contribution in [0.4, 0.5) is 0 Å². The SMILES string of the molecule is C1=CCCCCC=C1.[CH2-]C=CC.[CH2-]C=CC.[Ru+2]. The first-order valence-corrected chi connectivity index (χ1v) is 5.95. The number of hydrogen-bond donors (Lipinski definition) is 0. The Hall–Kier alpha value is -0.677. The first-order valence-electron chi connectivity index (χ1n) is 5.95. The summed E-state index contributed by atoms with van der Waals surface area (Å²) in [6.45, 7) is 10.7. The fraction of sp³-hybridized carbons (Fsp3) is 0.375. The Kier molecular flexibility index (Phi) is 31.1. The Bertz CT molecular complexity index is 178. The molecule has 0 fully saturated rings. The van der Waals surface area contributed by atoms with E-state index in [-0.39, 0.29) is 19.5 Å². The maximum atomic E-state index is 3.42. The zero-order valence-corrected chi connectivity index (χ0v) is 13.0. The molecule has 0 heterocycles. The first kappa shape index (κ1) is 21.6. The molecule has 0 aliphatic heterocycles. The van der Waals surface area contributed by atoms with Gasteiger partial charge in [0.05, 0.1) is 0 Å². The van der Waals surface area contributed by atoms with Gasteiger partial charge < -0.3 is 0 Å². The fourth-order valence-corrected chi connectivity index (χ4v) is 0.874. The molecule has 0 atom stereocenters. The smallest absolute Gasteiger partial charge is 0.245 e. The molecule has 0 radical (unpaired) electrons. The van der Waals surface area contributed by atoms with Crippen molar-refractivity contribution in [2.45, 2.75) is 39.5 Å². The summed E-state index contributed by atoms with van der Waals surface area (Å²) in [4.78, 5) is 0. The predicted octanol–water partition coefficient (Wildman–Crippen LogP) is 5.46. The van der Waals surface area contributed by atoms with Gasteiger partial charge >= 0.3 is 19.5 Å². The average Bonchev–Trinajstić information content (AvgIpc) is 2.29. The summed E-state index contributed by atoms with van der Waals surface area (Å²) < 4.78 is 0. The summed E-state index contributed by atoms with van der Waals surface area (Å²) in [5.41, 5.74) is 0.